The van der Waals surface area contributed by atoms with Gasteiger partial charge in [-0.15, -0.1) is 23.2 Å². The lowest BCUT2D eigenvalue weighted by Crippen LogP contribution is -2.16. The lowest BCUT2D eigenvalue weighted by Gasteiger charge is -2.18. The van der Waals surface area contributed by atoms with Crippen LogP contribution >= 0.6 is 23.2 Å². The van der Waals surface area contributed by atoms with E-state index in [9.17, 15) is 0 Å². The lowest BCUT2D eigenvalue weighted by molar-refractivity contribution is 0.514. The first-order chi connectivity index (χ1) is 4.80. The predicted octanol–water partition coefficient (Wildman–Crippen LogP) is 3.56. The molecule has 1 aliphatic rings. The van der Waals surface area contributed by atoms with E-state index in [1.165, 1.54) is 25.7 Å². The van der Waals surface area contributed by atoms with Crippen molar-refractivity contribution >= 4 is 23.2 Å². The molecule has 0 bridgehead atoms. The summed E-state index contributed by atoms with van der Waals surface area (Å²) in [5.74, 6) is 0. The summed E-state index contributed by atoms with van der Waals surface area (Å²) in [5, 5.41) is 0.448. The van der Waals surface area contributed by atoms with Crippen molar-refractivity contribution in [3.8, 4) is 0 Å². The van der Waals surface area contributed by atoms with E-state index in [-0.39, 0.29) is 10.8 Å². The van der Waals surface area contributed by atoms with Crippen LogP contribution < -0.4 is 0 Å². The Morgan fingerprint density at radius 3 is 1.50 bits per heavy atom. The monoisotopic (exact) mass is 180 g/mol. The van der Waals surface area contributed by atoms with Gasteiger partial charge in [-0.2, -0.15) is 0 Å². The fourth-order valence-corrected chi connectivity index (χ4v) is 1.95. The summed E-state index contributed by atoms with van der Waals surface area (Å²) < 4.78 is 0. The molecule has 0 spiro atoms. The van der Waals surface area contributed by atoms with Gasteiger partial charge in [-0.3, -0.25) is 0 Å². The van der Waals surface area contributed by atoms with E-state index in [1.807, 2.05) is 0 Å². The summed E-state index contributed by atoms with van der Waals surface area (Å²) in [7, 11) is 0. The molecule has 0 radical (unpaired) electrons. The highest BCUT2D eigenvalue weighted by molar-refractivity contribution is 6.29. The summed E-state index contributed by atoms with van der Waals surface area (Å²) in [6, 6.07) is 0. The van der Waals surface area contributed by atoms with Gasteiger partial charge >= 0.3 is 0 Å². The van der Waals surface area contributed by atoms with Crippen molar-refractivity contribution in [1.29, 1.82) is 0 Å². The largest absolute Gasteiger partial charge is 0.121 e. The fourth-order valence-electron chi connectivity index (χ4n) is 1.39. The van der Waals surface area contributed by atoms with Gasteiger partial charge in [0.2, 0.25) is 0 Å². The summed E-state index contributed by atoms with van der Waals surface area (Å²) in [6.07, 6.45) is 7.42. The van der Waals surface area contributed by atoms with Gasteiger partial charge in [-0.05, 0) is 12.8 Å². The maximum absolute atomic E-state index is 6.01. The number of halogens is 2. The van der Waals surface area contributed by atoms with Gasteiger partial charge in [0.15, 0.2) is 0 Å². The van der Waals surface area contributed by atoms with E-state index in [1.54, 1.807) is 0 Å². The van der Waals surface area contributed by atoms with Crippen LogP contribution in [0.4, 0.5) is 0 Å². The first-order valence-electron chi connectivity index (χ1n) is 4.09. The Kier molecular flexibility index (Phi) is 3.87. The molecule has 2 heteroatoms. The molecule has 1 rings (SSSR count). The molecule has 2 atom stereocenters. The maximum Gasteiger partial charge on any atom is 0.0499 e. The third-order valence-corrected chi connectivity index (χ3v) is 3.28. The molecule has 0 aromatic carbocycles. The first-order valence-corrected chi connectivity index (χ1v) is 4.96. The zero-order valence-electron chi connectivity index (χ0n) is 6.15. The molecule has 0 saturated heterocycles. The van der Waals surface area contributed by atoms with E-state index in [4.69, 9.17) is 23.2 Å². The second-order valence-corrected chi connectivity index (χ2v) is 4.14. The Hall–Kier alpha value is 0.580. The fraction of sp³-hybridized carbons (Fsp3) is 1.00. The molecule has 0 heterocycles. The molecule has 60 valence electrons. The van der Waals surface area contributed by atoms with Crippen LogP contribution in [0.2, 0.25) is 0 Å². The molecule has 0 aromatic rings. The SMILES string of the molecule is Cl[C@@H]1CCCCCC[C@H]1Cl. The van der Waals surface area contributed by atoms with Crippen molar-refractivity contribution in [1.82, 2.24) is 0 Å². The molecule has 0 nitrogen and oxygen atoms in total. The molecule has 1 saturated carbocycles. The molecular weight excluding hydrogens is 167 g/mol. The zero-order valence-corrected chi connectivity index (χ0v) is 7.67. The third kappa shape index (κ3) is 2.67. The Balaban J connectivity index is 2.28. The number of alkyl halides is 2. The molecule has 0 aliphatic heterocycles. The standard InChI is InChI=1S/C8H14Cl2/c9-7-5-3-1-2-4-6-8(7)10/h7-8H,1-6H2/t7-,8-/m1/s1. The van der Waals surface area contributed by atoms with Crippen molar-refractivity contribution in [2.75, 3.05) is 0 Å². The molecule has 0 aromatic heterocycles. The average Bonchev–Trinajstić information content (AvgIpc) is 1.92. The highest BCUT2D eigenvalue weighted by Gasteiger charge is 2.17. The molecule has 0 unspecified atom stereocenters. The summed E-state index contributed by atoms with van der Waals surface area (Å²) >= 11 is 12.0. The minimum Gasteiger partial charge on any atom is -0.121 e. The van der Waals surface area contributed by atoms with Crippen molar-refractivity contribution in [2.45, 2.75) is 49.3 Å². The predicted molar refractivity (Wildman–Crippen MR) is 47.0 cm³/mol. The molecule has 10 heavy (non-hydrogen) atoms. The molecule has 0 N–H and O–H groups in total. The van der Waals surface area contributed by atoms with Crippen molar-refractivity contribution < 1.29 is 0 Å². The van der Waals surface area contributed by atoms with Crippen LogP contribution in [0.25, 0.3) is 0 Å². The van der Waals surface area contributed by atoms with Crippen LogP contribution in [0.1, 0.15) is 38.5 Å². The summed E-state index contributed by atoms with van der Waals surface area (Å²) in [6.45, 7) is 0. The maximum atomic E-state index is 6.01. The highest BCUT2D eigenvalue weighted by atomic mass is 35.5. The van der Waals surface area contributed by atoms with Crippen LogP contribution in [0.5, 0.6) is 0 Å². The molecule has 1 aliphatic carbocycles. The Bertz CT molecular complexity index is 81.3. The topological polar surface area (TPSA) is 0 Å². The molecule has 0 amide bonds. The minimum absolute atomic E-state index is 0.224. The average molecular weight is 181 g/mol. The quantitative estimate of drug-likeness (QED) is 0.501. The second-order valence-electron chi connectivity index (χ2n) is 3.02. The van der Waals surface area contributed by atoms with E-state index >= 15 is 0 Å². The van der Waals surface area contributed by atoms with Crippen LogP contribution in [-0.4, -0.2) is 10.8 Å². The minimum atomic E-state index is 0.224. The zero-order chi connectivity index (χ0) is 7.40. The second kappa shape index (κ2) is 4.46. The van der Waals surface area contributed by atoms with E-state index < -0.39 is 0 Å². The number of hydrogen-bond acceptors (Lipinski definition) is 0. The summed E-state index contributed by atoms with van der Waals surface area (Å²) in [4.78, 5) is 0. The Morgan fingerprint density at radius 1 is 0.700 bits per heavy atom. The molecule has 1 fully saturated rings. The van der Waals surface area contributed by atoms with Gasteiger partial charge in [0.25, 0.3) is 0 Å². The van der Waals surface area contributed by atoms with Gasteiger partial charge in [0, 0.05) is 10.8 Å². The number of rotatable bonds is 0. The van der Waals surface area contributed by atoms with E-state index in [2.05, 4.69) is 0 Å². The smallest absolute Gasteiger partial charge is 0.0499 e. The highest BCUT2D eigenvalue weighted by Crippen LogP contribution is 2.25. The van der Waals surface area contributed by atoms with E-state index in [0.717, 1.165) is 12.8 Å². The van der Waals surface area contributed by atoms with Gasteiger partial charge in [-0.25, -0.2) is 0 Å². The summed E-state index contributed by atoms with van der Waals surface area (Å²) in [5.41, 5.74) is 0. The molecular formula is C8H14Cl2. The Morgan fingerprint density at radius 2 is 1.10 bits per heavy atom. The van der Waals surface area contributed by atoms with Gasteiger partial charge in [-0.1, -0.05) is 25.7 Å². The van der Waals surface area contributed by atoms with Crippen LogP contribution in [-0.2, 0) is 0 Å². The van der Waals surface area contributed by atoms with Crippen molar-refractivity contribution in [3.05, 3.63) is 0 Å². The van der Waals surface area contributed by atoms with Gasteiger partial charge < -0.3 is 0 Å². The van der Waals surface area contributed by atoms with Crippen molar-refractivity contribution in [2.24, 2.45) is 0 Å². The normalized spacial score (nSPS) is 36.6. The first kappa shape index (κ1) is 8.67. The van der Waals surface area contributed by atoms with Crippen LogP contribution in [0.3, 0.4) is 0 Å². The van der Waals surface area contributed by atoms with E-state index in [0.29, 0.717) is 0 Å². The number of hydrogen-bond donors (Lipinski definition) is 0. The van der Waals surface area contributed by atoms with Gasteiger partial charge in [0.1, 0.15) is 0 Å². The van der Waals surface area contributed by atoms with Crippen LogP contribution in [0, 0.1) is 0 Å². The van der Waals surface area contributed by atoms with Gasteiger partial charge in [0.05, 0.1) is 0 Å². The third-order valence-electron chi connectivity index (χ3n) is 2.10. The Labute approximate surface area is 72.9 Å². The lowest BCUT2D eigenvalue weighted by atomic mass is 10.0. The van der Waals surface area contributed by atoms with Crippen LogP contribution in [0.15, 0.2) is 0 Å². The van der Waals surface area contributed by atoms with Crippen molar-refractivity contribution in [3.63, 3.8) is 0 Å².